The van der Waals surface area contributed by atoms with Gasteiger partial charge in [0.05, 0.1) is 6.61 Å². The molecule has 0 radical (unpaired) electrons. The zero-order valence-electron chi connectivity index (χ0n) is 17.8. The highest BCUT2D eigenvalue weighted by Gasteiger charge is 2.33. The lowest BCUT2D eigenvalue weighted by molar-refractivity contribution is -0.140. The summed E-state index contributed by atoms with van der Waals surface area (Å²) in [4.78, 5) is 13.2. The molecule has 0 heterocycles. The smallest absolute Gasteiger partial charge is 0.256 e. The number of benzene rings is 2. The Balaban J connectivity index is 2.26. The fourth-order valence-corrected chi connectivity index (χ4v) is 3.26. The lowest BCUT2D eigenvalue weighted by Gasteiger charge is -2.29. The van der Waals surface area contributed by atoms with Gasteiger partial charge in [-0.2, -0.15) is 0 Å². The highest BCUT2D eigenvalue weighted by Crippen LogP contribution is 2.33. The molecule has 0 aliphatic heterocycles. The monoisotopic (exact) mass is 385 g/mol. The number of carbonyl (C=O) groups excluding carboxylic acids is 1. The Hall–Kier alpha value is -2.07. The van der Waals surface area contributed by atoms with Crippen LogP contribution < -0.4 is 10.1 Å². The molecule has 4 nitrogen and oxygen atoms in total. The molecule has 0 saturated carbocycles. The van der Waals surface area contributed by atoms with E-state index in [0.29, 0.717) is 13.2 Å². The number of ether oxygens (including phenoxy) is 2. The minimum absolute atomic E-state index is 0.0792. The van der Waals surface area contributed by atoms with Crippen molar-refractivity contribution >= 4 is 22.4 Å². The van der Waals surface area contributed by atoms with E-state index in [1.807, 2.05) is 43.3 Å². The minimum atomic E-state index is -0.816. The van der Waals surface area contributed by atoms with Gasteiger partial charge < -0.3 is 14.8 Å². The van der Waals surface area contributed by atoms with Crippen molar-refractivity contribution in [1.82, 2.24) is 0 Å². The highest BCUT2D eigenvalue weighted by molar-refractivity contribution is 6.06. The molecule has 1 atom stereocenters. The van der Waals surface area contributed by atoms with Gasteiger partial charge in [-0.25, -0.2) is 0 Å². The first-order chi connectivity index (χ1) is 13.6. The third kappa shape index (κ3) is 5.71. The molecule has 1 unspecified atom stereocenters. The van der Waals surface area contributed by atoms with Crippen LogP contribution in [0.1, 0.15) is 66.2 Å². The van der Waals surface area contributed by atoms with E-state index in [0.717, 1.165) is 60.7 Å². The number of anilines is 1. The van der Waals surface area contributed by atoms with Crippen LogP contribution in [0.2, 0.25) is 0 Å². The molecule has 0 aromatic heterocycles. The molecule has 0 bridgehead atoms. The minimum Gasteiger partial charge on any atom is -0.493 e. The summed E-state index contributed by atoms with van der Waals surface area (Å²) >= 11 is 0. The summed E-state index contributed by atoms with van der Waals surface area (Å²) < 4.78 is 11.9. The maximum Gasteiger partial charge on any atom is 0.256 e. The molecule has 2 aromatic rings. The molecule has 2 aromatic carbocycles. The number of amides is 1. The lowest BCUT2D eigenvalue weighted by atomic mass is 9.96. The molecular formula is C24H35NO3. The second-order valence-electron chi connectivity index (χ2n) is 7.50. The largest absolute Gasteiger partial charge is 0.493 e. The highest BCUT2D eigenvalue weighted by atomic mass is 16.5. The molecule has 0 aliphatic rings. The van der Waals surface area contributed by atoms with Crippen LogP contribution in [0.25, 0.3) is 10.8 Å². The molecule has 4 heteroatoms. The first kappa shape index (κ1) is 22.2. The maximum absolute atomic E-state index is 13.2. The molecule has 28 heavy (non-hydrogen) atoms. The molecule has 2 rings (SSSR count). The molecule has 1 amide bonds. The van der Waals surface area contributed by atoms with Crippen molar-refractivity contribution in [3.05, 3.63) is 36.4 Å². The number of nitrogens with one attached hydrogen (secondary N) is 1. The molecule has 154 valence electrons. The molecule has 0 saturated heterocycles. The van der Waals surface area contributed by atoms with Crippen LogP contribution in [0, 0.1) is 0 Å². The predicted molar refractivity (Wildman–Crippen MR) is 117 cm³/mol. The Kier molecular flexibility index (Phi) is 8.78. The quantitative estimate of drug-likeness (QED) is 0.434. The number of carbonyl (C=O) groups is 1. The van der Waals surface area contributed by atoms with Gasteiger partial charge in [-0.15, -0.1) is 0 Å². The van der Waals surface area contributed by atoms with Crippen LogP contribution >= 0.6 is 0 Å². The fraction of sp³-hybridized carbons (Fsp3) is 0.542. The third-order valence-electron chi connectivity index (χ3n) is 4.96. The average Bonchev–Trinajstić information content (AvgIpc) is 2.71. The molecule has 0 fully saturated rings. The van der Waals surface area contributed by atoms with E-state index >= 15 is 0 Å². The SMILES string of the molecule is CCCCCC(C)(OCCC)C(=O)Nc1ccc(OCCC)c2ccccc12. The summed E-state index contributed by atoms with van der Waals surface area (Å²) in [5, 5.41) is 5.12. The van der Waals surface area contributed by atoms with Gasteiger partial charge in [-0.3, -0.25) is 4.79 Å². The molecule has 0 spiro atoms. The summed E-state index contributed by atoms with van der Waals surface area (Å²) in [6.07, 6.45) is 5.78. The van der Waals surface area contributed by atoms with Gasteiger partial charge in [0.15, 0.2) is 0 Å². The molecule has 0 aliphatic carbocycles. The fourth-order valence-electron chi connectivity index (χ4n) is 3.26. The number of unbranched alkanes of at least 4 members (excludes halogenated alkanes) is 2. The zero-order valence-corrected chi connectivity index (χ0v) is 17.8. The van der Waals surface area contributed by atoms with Crippen LogP contribution in [-0.2, 0) is 9.53 Å². The van der Waals surface area contributed by atoms with Gasteiger partial charge in [0.1, 0.15) is 11.4 Å². The van der Waals surface area contributed by atoms with Gasteiger partial charge >= 0.3 is 0 Å². The van der Waals surface area contributed by atoms with Gasteiger partial charge in [0.2, 0.25) is 0 Å². The van der Waals surface area contributed by atoms with Gasteiger partial charge in [0.25, 0.3) is 5.91 Å². The summed E-state index contributed by atoms with van der Waals surface area (Å²) in [7, 11) is 0. The van der Waals surface area contributed by atoms with Crippen molar-refractivity contribution in [2.45, 2.75) is 71.8 Å². The van der Waals surface area contributed by atoms with Gasteiger partial charge in [-0.05, 0) is 38.3 Å². The van der Waals surface area contributed by atoms with Crippen molar-refractivity contribution in [3.63, 3.8) is 0 Å². The van der Waals surface area contributed by atoms with E-state index in [2.05, 4.69) is 26.1 Å². The number of hydrogen-bond acceptors (Lipinski definition) is 3. The topological polar surface area (TPSA) is 47.6 Å². The van der Waals surface area contributed by atoms with Gasteiger partial charge in [0, 0.05) is 23.1 Å². The molecular weight excluding hydrogens is 350 g/mol. The zero-order chi connectivity index (χ0) is 20.4. The van der Waals surface area contributed by atoms with Crippen LogP contribution in [0.15, 0.2) is 36.4 Å². The maximum atomic E-state index is 13.2. The number of fused-ring (bicyclic) bond motifs is 1. The van der Waals surface area contributed by atoms with E-state index in [1.165, 1.54) is 0 Å². The summed E-state index contributed by atoms with van der Waals surface area (Å²) in [5.74, 6) is 0.771. The van der Waals surface area contributed by atoms with Crippen LogP contribution in [0.5, 0.6) is 5.75 Å². The normalized spacial score (nSPS) is 13.3. The Bertz CT molecular complexity index is 759. The van der Waals surface area contributed by atoms with Crippen LogP contribution in [0.4, 0.5) is 5.69 Å². The second kappa shape index (κ2) is 11.1. The Morgan fingerprint density at radius 1 is 0.929 bits per heavy atom. The summed E-state index contributed by atoms with van der Waals surface area (Å²) in [6.45, 7) is 9.49. The van der Waals surface area contributed by atoms with Crippen molar-refractivity contribution < 1.29 is 14.3 Å². The number of hydrogen-bond donors (Lipinski definition) is 1. The van der Waals surface area contributed by atoms with E-state index in [4.69, 9.17) is 9.47 Å². The Morgan fingerprint density at radius 2 is 1.64 bits per heavy atom. The van der Waals surface area contributed by atoms with Crippen LogP contribution in [-0.4, -0.2) is 24.7 Å². The van der Waals surface area contributed by atoms with Crippen molar-refractivity contribution in [2.75, 3.05) is 18.5 Å². The van der Waals surface area contributed by atoms with E-state index in [9.17, 15) is 4.79 Å². The van der Waals surface area contributed by atoms with E-state index in [-0.39, 0.29) is 5.91 Å². The van der Waals surface area contributed by atoms with Crippen LogP contribution in [0.3, 0.4) is 0 Å². The second-order valence-corrected chi connectivity index (χ2v) is 7.50. The Labute approximate surface area is 169 Å². The standard InChI is InChI=1S/C24H35NO3/c1-5-8-11-16-24(4,28-18-7-3)23(26)25-21-14-15-22(27-17-6-2)20-13-10-9-12-19(20)21/h9-10,12-15H,5-8,11,16-18H2,1-4H3,(H,25,26). The summed E-state index contributed by atoms with van der Waals surface area (Å²) in [6, 6.07) is 11.9. The predicted octanol–water partition coefficient (Wildman–Crippen LogP) is 6.33. The van der Waals surface area contributed by atoms with Crippen molar-refractivity contribution in [3.8, 4) is 5.75 Å². The average molecular weight is 386 g/mol. The number of rotatable bonds is 12. The van der Waals surface area contributed by atoms with E-state index < -0.39 is 5.60 Å². The third-order valence-corrected chi connectivity index (χ3v) is 4.96. The Morgan fingerprint density at radius 3 is 2.32 bits per heavy atom. The van der Waals surface area contributed by atoms with Crippen molar-refractivity contribution in [2.24, 2.45) is 0 Å². The lowest BCUT2D eigenvalue weighted by Crippen LogP contribution is -2.43. The van der Waals surface area contributed by atoms with E-state index in [1.54, 1.807) is 0 Å². The first-order valence-electron chi connectivity index (χ1n) is 10.7. The van der Waals surface area contributed by atoms with Gasteiger partial charge in [-0.1, -0.05) is 64.3 Å². The summed E-state index contributed by atoms with van der Waals surface area (Å²) in [5.41, 5.74) is -0.0183. The molecule has 1 N–H and O–H groups in total. The van der Waals surface area contributed by atoms with Crippen molar-refractivity contribution in [1.29, 1.82) is 0 Å². The first-order valence-corrected chi connectivity index (χ1v) is 10.7.